The Labute approximate surface area is 172 Å². The fourth-order valence-electron chi connectivity index (χ4n) is 3.70. The molecule has 0 radical (unpaired) electrons. The molecule has 0 aliphatic heterocycles. The summed E-state index contributed by atoms with van der Waals surface area (Å²) in [6.45, 7) is 0. The minimum atomic E-state index is -0.684. The zero-order chi connectivity index (χ0) is 21.4. The summed E-state index contributed by atoms with van der Waals surface area (Å²) in [5.74, 6) is 0.203. The van der Waals surface area contributed by atoms with Crippen molar-refractivity contribution in [3.8, 4) is 34.1 Å². The smallest absolute Gasteiger partial charge is 0.341 e. The molecule has 0 heterocycles. The van der Waals surface area contributed by atoms with Gasteiger partial charge in [-0.3, -0.25) is 0 Å². The lowest BCUT2D eigenvalue weighted by Crippen LogP contribution is -2.03. The van der Waals surface area contributed by atoms with Crippen molar-refractivity contribution < 1.29 is 29.2 Å². The van der Waals surface area contributed by atoms with Crippen LogP contribution in [0.2, 0.25) is 0 Å². The van der Waals surface area contributed by atoms with Gasteiger partial charge in [0.25, 0.3) is 0 Å². The van der Waals surface area contributed by atoms with Gasteiger partial charge < -0.3 is 24.4 Å². The largest absolute Gasteiger partial charge is 0.507 e. The van der Waals surface area contributed by atoms with Crippen LogP contribution in [0.15, 0.2) is 54.6 Å². The first-order valence-electron chi connectivity index (χ1n) is 9.20. The molecule has 0 unspecified atom stereocenters. The molecule has 4 rings (SSSR count). The molecular weight excluding hydrogens is 384 g/mol. The molecule has 0 aromatic heterocycles. The Morgan fingerprint density at radius 1 is 0.733 bits per heavy atom. The van der Waals surface area contributed by atoms with E-state index in [2.05, 4.69) is 0 Å². The average Bonchev–Trinajstić information content (AvgIpc) is 2.78. The first-order valence-corrected chi connectivity index (χ1v) is 9.20. The van der Waals surface area contributed by atoms with Crippen molar-refractivity contribution in [1.82, 2.24) is 0 Å². The number of hydrogen-bond donors (Lipinski definition) is 2. The topological polar surface area (TPSA) is 85.2 Å². The summed E-state index contributed by atoms with van der Waals surface area (Å²) in [6.07, 6.45) is 0. The van der Waals surface area contributed by atoms with Gasteiger partial charge in [-0.15, -0.1) is 0 Å². The molecule has 152 valence electrons. The van der Waals surface area contributed by atoms with E-state index in [0.29, 0.717) is 38.8 Å². The van der Waals surface area contributed by atoms with E-state index < -0.39 is 5.97 Å². The number of carbonyl (C=O) groups excluding carboxylic acids is 1. The number of methoxy groups -OCH3 is 3. The van der Waals surface area contributed by atoms with E-state index in [1.807, 2.05) is 12.1 Å². The first-order chi connectivity index (χ1) is 14.5. The van der Waals surface area contributed by atoms with Gasteiger partial charge in [-0.05, 0) is 64.0 Å². The number of benzene rings is 4. The number of rotatable bonds is 4. The van der Waals surface area contributed by atoms with Crippen LogP contribution in [0.3, 0.4) is 0 Å². The highest BCUT2D eigenvalue weighted by molar-refractivity contribution is 6.13. The highest BCUT2D eigenvalue weighted by atomic mass is 16.5. The van der Waals surface area contributed by atoms with Gasteiger partial charge in [0.2, 0.25) is 0 Å². The molecule has 30 heavy (non-hydrogen) atoms. The van der Waals surface area contributed by atoms with Crippen LogP contribution in [-0.2, 0) is 4.74 Å². The average molecular weight is 404 g/mol. The Morgan fingerprint density at radius 2 is 1.40 bits per heavy atom. The second-order valence-corrected chi connectivity index (χ2v) is 6.77. The zero-order valence-electron chi connectivity index (χ0n) is 16.7. The van der Waals surface area contributed by atoms with Crippen molar-refractivity contribution in [3.05, 3.63) is 60.2 Å². The van der Waals surface area contributed by atoms with Gasteiger partial charge in [-0.2, -0.15) is 0 Å². The fourth-order valence-corrected chi connectivity index (χ4v) is 3.70. The van der Waals surface area contributed by atoms with Gasteiger partial charge in [0.05, 0.1) is 21.3 Å². The number of ether oxygens (including phenoxy) is 3. The van der Waals surface area contributed by atoms with E-state index in [0.717, 1.165) is 5.39 Å². The molecule has 0 saturated carbocycles. The lowest BCUT2D eigenvalue weighted by Gasteiger charge is -2.17. The Balaban J connectivity index is 2.19. The molecule has 0 amide bonds. The molecule has 0 bridgehead atoms. The standard InChI is InChI=1S/C24H20O6/c1-28-15-7-8-17-14(10-15)11-19(24(27)30-3)23(26)22(17)21-18-12-16(29-2)6-4-13(18)5-9-20(21)25/h4-12,25-26H,1-3H3. The Kier molecular flexibility index (Phi) is 4.83. The number of esters is 1. The van der Waals surface area contributed by atoms with E-state index >= 15 is 0 Å². The maximum atomic E-state index is 12.4. The predicted octanol–water partition coefficient (Wildman–Crippen LogP) is 4.88. The van der Waals surface area contributed by atoms with Crippen LogP contribution in [0, 0.1) is 0 Å². The molecule has 0 aliphatic carbocycles. The SMILES string of the molecule is COC(=O)c1cc2cc(OC)ccc2c(-c2c(O)ccc3ccc(OC)cc23)c1O. The van der Waals surface area contributed by atoms with E-state index in [9.17, 15) is 15.0 Å². The van der Waals surface area contributed by atoms with E-state index in [4.69, 9.17) is 14.2 Å². The van der Waals surface area contributed by atoms with Crippen LogP contribution in [0.1, 0.15) is 10.4 Å². The van der Waals surface area contributed by atoms with Crippen molar-refractivity contribution in [2.75, 3.05) is 21.3 Å². The van der Waals surface area contributed by atoms with Gasteiger partial charge in [-0.25, -0.2) is 4.79 Å². The number of carbonyl (C=O) groups is 1. The molecule has 0 atom stereocenters. The maximum Gasteiger partial charge on any atom is 0.341 e. The van der Waals surface area contributed by atoms with Crippen molar-refractivity contribution in [2.45, 2.75) is 0 Å². The monoisotopic (exact) mass is 404 g/mol. The van der Waals surface area contributed by atoms with Crippen LogP contribution in [0.4, 0.5) is 0 Å². The van der Waals surface area contributed by atoms with Crippen LogP contribution in [0.25, 0.3) is 32.7 Å². The van der Waals surface area contributed by atoms with Crippen LogP contribution in [-0.4, -0.2) is 37.5 Å². The van der Waals surface area contributed by atoms with Crippen molar-refractivity contribution in [2.24, 2.45) is 0 Å². The molecule has 4 aromatic rings. The summed E-state index contributed by atoms with van der Waals surface area (Å²) in [7, 11) is 4.35. The minimum Gasteiger partial charge on any atom is -0.507 e. The summed E-state index contributed by atoms with van der Waals surface area (Å²) in [5, 5.41) is 24.7. The summed E-state index contributed by atoms with van der Waals surface area (Å²) in [6, 6.07) is 15.6. The molecule has 6 nitrogen and oxygen atoms in total. The number of phenols is 2. The summed E-state index contributed by atoms with van der Waals surface area (Å²) in [5.41, 5.74) is 0.712. The van der Waals surface area contributed by atoms with E-state index in [1.165, 1.54) is 7.11 Å². The third-order valence-corrected chi connectivity index (χ3v) is 5.18. The second-order valence-electron chi connectivity index (χ2n) is 6.77. The Morgan fingerprint density at radius 3 is 2.10 bits per heavy atom. The molecular formula is C24H20O6. The molecule has 4 aromatic carbocycles. The van der Waals surface area contributed by atoms with Crippen LogP contribution < -0.4 is 9.47 Å². The third kappa shape index (κ3) is 3.03. The minimum absolute atomic E-state index is 0.00690. The predicted molar refractivity (Wildman–Crippen MR) is 115 cm³/mol. The summed E-state index contributed by atoms with van der Waals surface area (Å²) in [4.78, 5) is 12.4. The van der Waals surface area contributed by atoms with Crippen LogP contribution >= 0.6 is 0 Å². The van der Waals surface area contributed by atoms with Crippen molar-refractivity contribution in [1.29, 1.82) is 0 Å². The quantitative estimate of drug-likeness (QED) is 0.472. The maximum absolute atomic E-state index is 12.4. The van der Waals surface area contributed by atoms with E-state index in [1.54, 1.807) is 56.7 Å². The highest BCUT2D eigenvalue weighted by Gasteiger charge is 2.23. The Hall–Kier alpha value is -3.93. The molecule has 0 fully saturated rings. The number of fused-ring (bicyclic) bond motifs is 2. The van der Waals surface area contributed by atoms with Gasteiger partial charge in [0.1, 0.15) is 28.6 Å². The van der Waals surface area contributed by atoms with Crippen LogP contribution in [0.5, 0.6) is 23.0 Å². The lowest BCUT2D eigenvalue weighted by molar-refractivity contribution is 0.0597. The van der Waals surface area contributed by atoms with Gasteiger partial charge in [0.15, 0.2) is 0 Å². The number of phenolic OH excluding ortho intramolecular Hbond substituents is 2. The summed E-state index contributed by atoms with van der Waals surface area (Å²) < 4.78 is 15.5. The zero-order valence-corrected chi connectivity index (χ0v) is 16.7. The molecule has 0 spiro atoms. The number of hydrogen-bond acceptors (Lipinski definition) is 6. The first kappa shape index (κ1) is 19.4. The molecule has 0 saturated heterocycles. The lowest BCUT2D eigenvalue weighted by atomic mass is 9.90. The number of aromatic hydroxyl groups is 2. The third-order valence-electron chi connectivity index (χ3n) is 5.18. The fraction of sp³-hybridized carbons (Fsp3) is 0.125. The highest BCUT2D eigenvalue weighted by Crippen LogP contribution is 2.47. The van der Waals surface area contributed by atoms with Gasteiger partial charge >= 0.3 is 5.97 Å². The normalized spacial score (nSPS) is 10.9. The molecule has 6 heteroatoms. The second kappa shape index (κ2) is 7.48. The van der Waals surface area contributed by atoms with E-state index in [-0.39, 0.29) is 17.1 Å². The molecule has 2 N–H and O–H groups in total. The van der Waals surface area contributed by atoms with Crippen molar-refractivity contribution >= 4 is 27.5 Å². The Bertz CT molecular complexity index is 1290. The molecule has 0 aliphatic rings. The van der Waals surface area contributed by atoms with Crippen molar-refractivity contribution in [3.63, 3.8) is 0 Å². The van der Waals surface area contributed by atoms with Gasteiger partial charge in [0, 0.05) is 11.1 Å². The van der Waals surface area contributed by atoms with Gasteiger partial charge in [-0.1, -0.05) is 12.1 Å². The summed E-state index contributed by atoms with van der Waals surface area (Å²) >= 11 is 0.